The summed E-state index contributed by atoms with van der Waals surface area (Å²) in [5.74, 6) is 0.111. The Balaban J connectivity index is 1.88. The van der Waals surface area contributed by atoms with E-state index in [4.69, 9.17) is 9.47 Å². The van der Waals surface area contributed by atoms with E-state index in [1.165, 1.54) is 24.3 Å². The number of hydrogen-bond acceptors (Lipinski definition) is 5. The van der Waals surface area contributed by atoms with Gasteiger partial charge >= 0.3 is 5.97 Å². The first-order valence-corrected chi connectivity index (χ1v) is 8.51. The van der Waals surface area contributed by atoms with Crippen molar-refractivity contribution in [1.82, 2.24) is 0 Å². The number of sulfone groups is 1. The first kappa shape index (κ1) is 16.0. The standard InChI is InChI=1S/C16H16O5S/c1-22(18,19)15-9-5-6-13(12-15)16(17)21-11-10-20-14-7-3-2-4-8-14/h2-9,12H,10-11H2,1H3. The molecular weight excluding hydrogens is 304 g/mol. The van der Waals surface area contributed by atoms with Gasteiger partial charge in [-0.1, -0.05) is 24.3 Å². The number of carbonyl (C=O) groups excluding carboxylic acids is 1. The van der Waals surface area contributed by atoms with Crippen LogP contribution in [0.1, 0.15) is 10.4 Å². The largest absolute Gasteiger partial charge is 0.490 e. The van der Waals surface area contributed by atoms with E-state index in [1.807, 2.05) is 18.2 Å². The van der Waals surface area contributed by atoms with Gasteiger partial charge < -0.3 is 9.47 Å². The van der Waals surface area contributed by atoms with Gasteiger partial charge in [0.25, 0.3) is 0 Å². The summed E-state index contributed by atoms with van der Waals surface area (Å²) in [6.45, 7) is 0.304. The van der Waals surface area contributed by atoms with Gasteiger partial charge in [-0.05, 0) is 30.3 Å². The van der Waals surface area contributed by atoms with Gasteiger partial charge in [-0.25, -0.2) is 13.2 Å². The molecule has 0 unspecified atom stereocenters. The lowest BCUT2D eigenvalue weighted by Gasteiger charge is -2.08. The molecule has 0 fully saturated rings. The second kappa shape index (κ2) is 7.09. The maximum Gasteiger partial charge on any atom is 0.338 e. The highest BCUT2D eigenvalue weighted by atomic mass is 32.2. The zero-order chi connectivity index (χ0) is 16.0. The fraction of sp³-hybridized carbons (Fsp3) is 0.188. The molecule has 0 saturated carbocycles. The third-order valence-electron chi connectivity index (χ3n) is 2.83. The average Bonchev–Trinajstić information content (AvgIpc) is 2.52. The number of ether oxygens (including phenoxy) is 2. The van der Waals surface area contributed by atoms with Crippen molar-refractivity contribution in [2.45, 2.75) is 4.90 Å². The van der Waals surface area contributed by atoms with Crippen LogP contribution >= 0.6 is 0 Å². The lowest BCUT2D eigenvalue weighted by Crippen LogP contribution is -2.12. The highest BCUT2D eigenvalue weighted by Gasteiger charge is 2.12. The highest BCUT2D eigenvalue weighted by molar-refractivity contribution is 7.90. The Bertz CT molecular complexity index is 738. The summed E-state index contributed by atoms with van der Waals surface area (Å²) in [5.41, 5.74) is 0.197. The molecule has 22 heavy (non-hydrogen) atoms. The van der Waals surface area contributed by atoms with E-state index in [0.717, 1.165) is 6.26 Å². The second-order valence-electron chi connectivity index (χ2n) is 4.60. The minimum atomic E-state index is -3.35. The van der Waals surface area contributed by atoms with Gasteiger partial charge in [-0.2, -0.15) is 0 Å². The number of benzene rings is 2. The number of para-hydroxylation sites is 1. The van der Waals surface area contributed by atoms with Crippen LogP contribution in [-0.2, 0) is 14.6 Å². The van der Waals surface area contributed by atoms with Gasteiger partial charge in [0.05, 0.1) is 10.5 Å². The molecule has 116 valence electrons. The van der Waals surface area contributed by atoms with Gasteiger partial charge in [0.15, 0.2) is 9.84 Å². The monoisotopic (exact) mass is 320 g/mol. The third-order valence-corrected chi connectivity index (χ3v) is 3.94. The summed E-state index contributed by atoms with van der Waals surface area (Å²) in [6, 6.07) is 14.9. The van der Waals surface area contributed by atoms with Crippen LogP contribution in [0.2, 0.25) is 0 Å². The first-order chi connectivity index (χ1) is 10.5. The molecule has 2 rings (SSSR count). The molecule has 0 aliphatic carbocycles. The van der Waals surface area contributed by atoms with Crippen LogP contribution in [0.3, 0.4) is 0 Å². The van der Waals surface area contributed by atoms with Crippen molar-refractivity contribution in [3.63, 3.8) is 0 Å². The minimum absolute atomic E-state index is 0.0802. The Hall–Kier alpha value is -2.34. The predicted molar refractivity (Wildman–Crippen MR) is 81.8 cm³/mol. The van der Waals surface area contributed by atoms with Crippen molar-refractivity contribution < 1.29 is 22.7 Å². The molecule has 6 heteroatoms. The molecule has 0 aliphatic rings. The second-order valence-corrected chi connectivity index (χ2v) is 6.61. The zero-order valence-electron chi connectivity index (χ0n) is 12.1. The molecule has 0 aliphatic heterocycles. The number of rotatable bonds is 6. The fourth-order valence-corrected chi connectivity index (χ4v) is 2.41. The van der Waals surface area contributed by atoms with Gasteiger partial charge in [-0.3, -0.25) is 0 Å². The van der Waals surface area contributed by atoms with E-state index in [0.29, 0.717) is 5.75 Å². The van der Waals surface area contributed by atoms with Gasteiger partial charge in [0.2, 0.25) is 0 Å². The minimum Gasteiger partial charge on any atom is -0.490 e. The van der Waals surface area contributed by atoms with Crippen LogP contribution in [0.5, 0.6) is 5.75 Å². The maximum absolute atomic E-state index is 11.9. The van der Waals surface area contributed by atoms with Crippen molar-refractivity contribution in [1.29, 1.82) is 0 Å². The van der Waals surface area contributed by atoms with Crippen molar-refractivity contribution >= 4 is 15.8 Å². The normalized spacial score (nSPS) is 11.0. The van der Waals surface area contributed by atoms with Crippen molar-refractivity contribution in [2.75, 3.05) is 19.5 Å². The number of hydrogen-bond donors (Lipinski definition) is 0. The van der Waals surface area contributed by atoms with Crippen LogP contribution in [0.15, 0.2) is 59.5 Å². The van der Waals surface area contributed by atoms with Gasteiger partial charge in [0.1, 0.15) is 19.0 Å². The molecule has 2 aromatic rings. The van der Waals surface area contributed by atoms with E-state index in [2.05, 4.69) is 0 Å². The number of carbonyl (C=O) groups is 1. The third kappa shape index (κ3) is 4.60. The van der Waals surface area contributed by atoms with Crippen LogP contribution in [0, 0.1) is 0 Å². The fourth-order valence-electron chi connectivity index (χ4n) is 1.75. The quantitative estimate of drug-likeness (QED) is 0.603. The maximum atomic E-state index is 11.9. The summed E-state index contributed by atoms with van der Waals surface area (Å²) in [4.78, 5) is 11.9. The van der Waals surface area contributed by atoms with Gasteiger partial charge in [-0.15, -0.1) is 0 Å². The van der Waals surface area contributed by atoms with Crippen LogP contribution in [0.4, 0.5) is 0 Å². The number of esters is 1. The molecule has 0 heterocycles. The van der Waals surface area contributed by atoms with Crippen molar-refractivity contribution in [3.05, 3.63) is 60.2 Å². The Morgan fingerprint density at radius 2 is 1.73 bits per heavy atom. The van der Waals surface area contributed by atoms with Gasteiger partial charge in [0, 0.05) is 6.26 Å². The molecule has 0 aromatic heterocycles. The molecule has 2 aromatic carbocycles. The Labute approximate surface area is 129 Å². The summed E-state index contributed by atoms with van der Waals surface area (Å²) in [7, 11) is -3.35. The summed E-state index contributed by atoms with van der Waals surface area (Å²) in [5, 5.41) is 0. The molecule has 5 nitrogen and oxygen atoms in total. The average molecular weight is 320 g/mol. The SMILES string of the molecule is CS(=O)(=O)c1cccc(C(=O)OCCOc2ccccc2)c1. The van der Waals surface area contributed by atoms with E-state index >= 15 is 0 Å². The molecule has 0 radical (unpaired) electrons. The molecule has 0 spiro atoms. The topological polar surface area (TPSA) is 69.7 Å². The molecular formula is C16H16O5S. The highest BCUT2D eigenvalue weighted by Crippen LogP contribution is 2.12. The van der Waals surface area contributed by atoms with E-state index < -0.39 is 15.8 Å². The van der Waals surface area contributed by atoms with Crippen LogP contribution < -0.4 is 4.74 Å². The smallest absolute Gasteiger partial charge is 0.338 e. The molecule has 0 bridgehead atoms. The van der Waals surface area contributed by atoms with Crippen molar-refractivity contribution in [3.8, 4) is 5.75 Å². The zero-order valence-corrected chi connectivity index (χ0v) is 12.9. The lowest BCUT2D eigenvalue weighted by atomic mass is 10.2. The first-order valence-electron chi connectivity index (χ1n) is 6.62. The Morgan fingerprint density at radius 3 is 2.41 bits per heavy atom. The van der Waals surface area contributed by atoms with E-state index in [1.54, 1.807) is 12.1 Å². The van der Waals surface area contributed by atoms with Crippen LogP contribution in [-0.4, -0.2) is 33.9 Å². The summed E-state index contributed by atoms with van der Waals surface area (Å²) < 4.78 is 33.4. The lowest BCUT2D eigenvalue weighted by molar-refractivity contribution is 0.0450. The Kier molecular flexibility index (Phi) is 5.16. The predicted octanol–water partition coefficient (Wildman–Crippen LogP) is 2.33. The van der Waals surface area contributed by atoms with E-state index in [-0.39, 0.29) is 23.7 Å². The summed E-state index contributed by atoms with van der Waals surface area (Å²) >= 11 is 0. The van der Waals surface area contributed by atoms with Crippen molar-refractivity contribution in [2.24, 2.45) is 0 Å². The Morgan fingerprint density at radius 1 is 1.00 bits per heavy atom. The van der Waals surface area contributed by atoms with Crippen LogP contribution in [0.25, 0.3) is 0 Å². The molecule has 0 N–H and O–H groups in total. The molecule has 0 amide bonds. The molecule has 0 atom stereocenters. The molecule has 0 saturated heterocycles. The van der Waals surface area contributed by atoms with E-state index in [9.17, 15) is 13.2 Å². The summed E-state index contributed by atoms with van der Waals surface area (Å²) in [6.07, 6.45) is 1.09.